The summed E-state index contributed by atoms with van der Waals surface area (Å²) in [4.78, 5) is 15.1. The Labute approximate surface area is 298 Å². The van der Waals surface area contributed by atoms with Gasteiger partial charge < -0.3 is 4.42 Å². The number of benzene rings is 5. The summed E-state index contributed by atoms with van der Waals surface area (Å²) in [6.45, 7) is 4.11. The molecule has 2 heterocycles. The van der Waals surface area contributed by atoms with Crippen LogP contribution in [0.2, 0.25) is 0 Å². The molecule has 0 saturated carbocycles. The Kier molecular flexibility index (Phi) is 8.88. The lowest BCUT2D eigenvalue weighted by molar-refractivity contribution is 0.669. The van der Waals surface area contributed by atoms with Crippen molar-refractivity contribution < 1.29 is 4.42 Å². The Morgan fingerprint density at radius 3 is 2.27 bits per heavy atom. The van der Waals surface area contributed by atoms with E-state index in [1.165, 1.54) is 27.8 Å². The molecule has 0 radical (unpaired) electrons. The van der Waals surface area contributed by atoms with E-state index >= 15 is 0 Å². The third-order valence-electron chi connectivity index (χ3n) is 9.30. The third-order valence-corrected chi connectivity index (χ3v) is 9.30. The van der Waals surface area contributed by atoms with Crippen molar-refractivity contribution in [3.05, 3.63) is 186 Å². The van der Waals surface area contributed by atoms with Crippen molar-refractivity contribution in [3.63, 3.8) is 0 Å². The second-order valence-electron chi connectivity index (χ2n) is 12.8. The number of aromatic nitrogens is 3. The Balaban J connectivity index is 1.09. The van der Waals surface area contributed by atoms with Gasteiger partial charge in [-0.2, -0.15) is 0 Å². The predicted octanol–water partition coefficient (Wildman–Crippen LogP) is 12.2. The first-order valence-corrected chi connectivity index (χ1v) is 17.4. The standard InChI is InChI=1S/C47H37N3O/c1-3-4-6-13-32(2)14-11-15-33-22-24-35(25-23-33)46-48-45(34-16-7-5-8-17-34)49-47(50-46)39-29-27-36-30-38(28-26-37(36)31-39)40-19-12-21-43-44(40)41-18-9-10-20-42(41)51-43/h3-30,39H,31H2,1-2H3/b4-3-,13-6-,15-11-,32-14+. The first-order chi connectivity index (χ1) is 25.1. The van der Waals surface area contributed by atoms with E-state index in [-0.39, 0.29) is 5.92 Å². The molecule has 4 nitrogen and oxygen atoms in total. The highest BCUT2D eigenvalue weighted by Crippen LogP contribution is 2.39. The van der Waals surface area contributed by atoms with Crippen molar-refractivity contribution in [3.8, 4) is 33.9 Å². The fourth-order valence-electron chi connectivity index (χ4n) is 6.65. The molecular weight excluding hydrogens is 623 g/mol. The fraction of sp³-hybridized carbons (Fsp3) is 0.0851. The highest BCUT2D eigenvalue weighted by Gasteiger charge is 2.22. The minimum atomic E-state index is 0.0212. The van der Waals surface area contributed by atoms with E-state index in [1.807, 2.05) is 61.5 Å². The minimum absolute atomic E-state index is 0.0212. The minimum Gasteiger partial charge on any atom is -0.456 e. The average molecular weight is 660 g/mol. The monoisotopic (exact) mass is 659 g/mol. The van der Waals surface area contributed by atoms with Crippen molar-refractivity contribution >= 4 is 34.1 Å². The highest BCUT2D eigenvalue weighted by atomic mass is 16.3. The first kappa shape index (κ1) is 31.9. The molecule has 0 aliphatic heterocycles. The number of allylic oxidation sites excluding steroid dienone is 8. The molecule has 0 saturated heterocycles. The molecule has 5 aromatic carbocycles. The lowest BCUT2D eigenvalue weighted by atomic mass is 9.86. The maximum atomic E-state index is 6.17. The number of para-hydroxylation sites is 1. The Morgan fingerprint density at radius 1 is 0.706 bits per heavy atom. The van der Waals surface area contributed by atoms with Crippen LogP contribution in [0.25, 0.3) is 68.0 Å². The van der Waals surface area contributed by atoms with Crippen molar-refractivity contribution in [1.82, 2.24) is 15.0 Å². The fourth-order valence-corrected chi connectivity index (χ4v) is 6.65. The summed E-state index contributed by atoms with van der Waals surface area (Å²) in [6.07, 6.45) is 19.8. The van der Waals surface area contributed by atoms with E-state index in [2.05, 4.69) is 122 Å². The number of furan rings is 1. The second kappa shape index (κ2) is 14.2. The maximum Gasteiger partial charge on any atom is 0.163 e. The number of fused-ring (bicyclic) bond motifs is 4. The van der Waals surface area contributed by atoms with Crippen molar-refractivity contribution in [1.29, 1.82) is 0 Å². The van der Waals surface area contributed by atoms with Gasteiger partial charge in [-0.15, -0.1) is 0 Å². The van der Waals surface area contributed by atoms with Gasteiger partial charge in [0.2, 0.25) is 0 Å². The van der Waals surface area contributed by atoms with Gasteiger partial charge in [-0.25, -0.2) is 15.0 Å². The molecule has 8 rings (SSSR count). The van der Waals surface area contributed by atoms with Crippen molar-refractivity contribution in [2.45, 2.75) is 26.2 Å². The number of nitrogens with zero attached hydrogens (tertiary/aromatic N) is 3. The summed E-state index contributed by atoms with van der Waals surface area (Å²) in [5.41, 5.74) is 10.9. The molecule has 1 atom stereocenters. The summed E-state index contributed by atoms with van der Waals surface area (Å²) in [5.74, 6) is 2.15. The van der Waals surface area contributed by atoms with Crippen LogP contribution in [-0.4, -0.2) is 15.0 Å². The van der Waals surface area contributed by atoms with Crippen LogP contribution < -0.4 is 0 Å². The summed E-state index contributed by atoms with van der Waals surface area (Å²) in [7, 11) is 0. The quantitative estimate of drug-likeness (QED) is 0.152. The van der Waals surface area contributed by atoms with Crippen LogP contribution in [0.3, 0.4) is 0 Å². The molecule has 0 amide bonds. The van der Waals surface area contributed by atoms with Gasteiger partial charge in [0.25, 0.3) is 0 Å². The van der Waals surface area contributed by atoms with Crippen LogP contribution in [0.15, 0.2) is 168 Å². The van der Waals surface area contributed by atoms with Crippen molar-refractivity contribution in [2.24, 2.45) is 0 Å². The van der Waals surface area contributed by atoms with Gasteiger partial charge in [-0.3, -0.25) is 0 Å². The molecule has 51 heavy (non-hydrogen) atoms. The van der Waals surface area contributed by atoms with Crippen LogP contribution in [-0.2, 0) is 6.42 Å². The van der Waals surface area contributed by atoms with Gasteiger partial charge >= 0.3 is 0 Å². The van der Waals surface area contributed by atoms with Crippen LogP contribution in [0.1, 0.15) is 42.3 Å². The molecule has 0 fully saturated rings. The lowest BCUT2D eigenvalue weighted by Gasteiger charge is -2.20. The summed E-state index contributed by atoms with van der Waals surface area (Å²) >= 11 is 0. The molecule has 1 unspecified atom stereocenters. The van der Waals surface area contributed by atoms with Gasteiger partial charge in [-0.05, 0) is 66.3 Å². The van der Waals surface area contributed by atoms with Crippen molar-refractivity contribution in [2.75, 3.05) is 0 Å². The molecule has 0 bridgehead atoms. The Hall–Kier alpha value is -6.39. The third kappa shape index (κ3) is 6.77. The maximum absolute atomic E-state index is 6.17. The Bertz CT molecular complexity index is 2510. The van der Waals surface area contributed by atoms with Gasteiger partial charge in [0.1, 0.15) is 17.0 Å². The Morgan fingerprint density at radius 2 is 1.45 bits per heavy atom. The van der Waals surface area contributed by atoms with E-state index in [4.69, 9.17) is 19.4 Å². The molecule has 7 aromatic rings. The first-order valence-electron chi connectivity index (χ1n) is 17.4. The van der Waals surface area contributed by atoms with Crippen LogP contribution >= 0.6 is 0 Å². The summed E-state index contributed by atoms with van der Waals surface area (Å²) in [6, 6.07) is 39.9. The van der Waals surface area contributed by atoms with Gasteiger partial charge in [-0.1, -0.05) is 157 Å². The smallest absolute Gasteiger partial charge is 0.163 e. The zero-order valence-corrected chi connectivity index (χ0v) is 28.7. The molecule has 0 N–H and O–H groups in total. The highest BCUT2D eigenvalue weighted by molar-refractivity contribution is 6.12. The number of rotatable bonds is 8. The van der Waals surface area contributed by atoms with Gasteiger partial charge in [0, 0.05) is 27.8 Å². The normalized spacial score (nSPS) is 14.8. The summed E-state index contributed by atoms with van der Waals surface area (Å²) in [5, 5.41) is 2.29. The SMILES string of the molecule is C\C=C/C=C\C(C)=C\C=C/c1ccc(-c2nc(-c3ccccc3)nc(C3C=Cc4cc(-c5cccc6oc7ccccc7c56)ccc4C3)n2)cc1. The van der Waals surface area contributed by atoms with E-state index < -0.39 is 0 Å². The zero-order chi connectivity index (χ0) is 34.6. The predicted molar refractivity (Wildman–Crippen MR) is 212 cm³/mol. The second-order valence-corrected chi connectivity index (χ2v) is 12.8. The molecule has 1 aliphatic rings. The van der Waals surface area contributed by atoms with Crippen LogP contribution in [0, 0.1) is 0 Å². The van der Waals surface area contributed by atoms with E-state index in [0.29, 0.717) is 11.6 Å². The molecule has 246 valence electrons. The molecule has 0 spiro atoms. The zero-order valence-electron chi connectivity index (χ0n) is 28.7. The molecule has 1 aliphatic carbocycles. The van der Waals surface area contributed by atoms with Gasteiger partial charge in [0.15, 0.2) is 11.6 Å². The topological polar surface area (TPSA) is 51.8 Å². The van der Waals surface area contributed by atoms with E-state index in [0.717, 1.165) is 50.9 Å². The number of hydrogen-bond donors (Lipinski definition) is 0. The number of hydrogen-bond acceptors (Lipinski definition) is 4. The van der Waals surface area contributed by atoms with Crippen LogP contribution in [0.4, 0.5) is 0 Å². The van der Waals surface area contributed by atoms with E-state index in [1.54, 1.807) is 0 Å². The average Bonchev–Trinajstić information content (AvgIpc) is 3.57. The lowest BCUT2D eigenvalue weighted by Crippen LogP contribution is -2.12. The molecule has 2 aromatic heterocycles. The molecule has 4 heteroatoms. The van der Waals surface area contributed by atoms with E-state index in [9.17, 15) is 0 Å². The molecular formula is C47H37N3O. The van der Waals surface area contributed by atoms with Crippen LogP contribution in [0.5, 0.6) is 0 Å². The van der Waals surface area contributed by atoms with Gasteiger partial charge in [0.05, 0.1) is 0 Å². The summed E-state index contributed by atoms with van der Waals surface area (Å²) < 4.78 is 6.17. The largest absolute Gasteiger partial charge is 0.456 e.